The van der Waals surface area contributed by atoms with Gasteiger partial charge in [0, 0.05) is 17.3 Å². The van der Waals surface area contributed by atoms with Gasteiger partial charge >= 0.3 is 11.9 Å². The largest absolute Gasteiger partial charge is 0.465 e. The van der Waals surface area contributed by atoms with E-state index in [0.717, 1.165) is 70.6 Å². The van der Waals surface area contributed by atoms with Crippen molar-refractivity contribution < 1.29 is 38.1 Å². The van der Waals surface area contributed by atoms with Crippen LogP contribution in [0.15, 0.2) is 0 Å². The Bertz CT molecular complexity index is 1300. The zero-order chi connectivity index (χ0) is 35.0. The fourth-order valence-corrected chi connectivity index (χ4v) is 15.4. The summed E-state index contributed by atoms with van der Waals surface area (Å²) < 4.78 is 33.0. The first-order valence-electron chi connectivity index (χ1n) is 21.1. The van der Waals surface area contributed by atoms with Crippen molar-refractivity contribution in [2.24, 2.45) is 74.9 Å². The molecule has 51 heavy (non-hydrogen) atoms. The highest BCUT2D eigenvalue weighted by atomic mass is 16.7. The normalized spacial score (nSPS) is 51.3. The van der Waals surface area contributed by atoms with Crippen molar-refractivity contribution in [1.29, 1.82) is 0 Å². The van der Waals surface area contributed by atoms with Gasteiger partial charge in [0.1, 0.15) is 18.8 Å². The second-order valence-electron chi connectivity index (χ2n) is 21.9. The number of rotatable bonds is 9. The molecule has 0 aromatic rings. The Morgan fingerprint density at radius 2 is 0.980 bits per heavy atom. The number of carbonyl (C=O) groups excluding carboxylic acids is 3. The van der Waals surface area contributed by atoms with Crippen LogP contribution in [0.3, 0.4) is 0 Å². The molecule has 2 unspecified atom stereocenters. The van der Waals surface area contributed by atoms with Crippen LogP contribution in [0, 0.1) is 74.9 Å². The molecule has 12 saturated carbocycles. The van der Waals surface area contributed by atoms with Crippen molar-refractivity contribution in [3.8, 4) is 0 Å². The summed E-state index contributed by atoms with van der Waals surface area (Å²) in [6.07, 6.45) is 17.9. The number of hydrogen-bond donors (Lipinski definition) is 0. The van der Waals surface area contributed by atoms with Gasteiger partial charge in [0.05, 0.1) is 30.7 Å². The number of carbonyl (C=O) groups is 3. The van der Waals surface area contributed by atoms with Crippen LogP contribution in [0.1, 0.15) is 130 Å². The molecule has 8 nitrogen and oxygen atoms in total. The highest BCUT2D eigenvalue weighted by molar-refractivity contribution is 5.86. The fourth-order valence-electron chi connectivity index (χ4n) is 15.4. The summed E-state index contributed by atoms with van der Waals surface area (Å²) in [7, 11) is 0. The van der Waals surface area contributed by atoms with Gasteiger partial charge in [-0.1, -0.05) is 20.8 Å². The van der Waals surface area contributed by atoms with E-state index < -0.39 is 16.8 Å². The summed E-state index contributed by atoms with van der Waals surface area (Å²) in [4.78, 5) is 42.0. The van der Waals surface area contributed by atoms with Crippen molar-refractivity contribution in [1.82, 2.24) is 0 Å². The molecule has 12 aliphatic carbocycles. The Balaban J connectivity index is 0.862. The molecule has 0 radical (unpaired) electrons. The van der Waals surface area contributed by atoms with Gasteiger partial charge in [0.2, 0.25) is 0 Å². The minimum Gasteiger partial charge on any atom is -0.465 e. The lowest BCUT2D eigenvalue weighted by Gasteiger charge is -2.64. The van der Waals surface area contributed by atoms with E-state index in [1.54, 1.807) is 0 Å². The predicted octanol–water partition coefficient (Wildman–Crippen LogP) is 7.45. The Morgan fingerprint density at radius 3 is 1.45 bits per heavy atom. The average molecular weight is 707 g/mol. The topological polar surface area (TPSA) is 97.4 Å². The highest BCUT2D eigenvalue weighted by Gasteiger charge is 2.68. The first-order valence-corrected chi connectivity index (χ1v) is 21.1. The molecule has 0 aromatic heterocycles. The monoisotopic (exact) mass is 706 g/mol. The van der Waals surface area contributed by atoms with Crippen molar-refractivity contribution in [2.75, 3.05) is 33.0 Å². The molecule has 13 aliphatic rings. The van der Waals surface area contributed by atoms with Gasteiger partial charge < -0.3 is 23.7 Å². The summed E-state index contributed by atoms with van der Waals surface area (Å²) in [5, 5.41) is 0. The van der Waals surface area contributed by atoms with E-state index in [1.165, 1.54) is 38.5 Å². The number of esters is 2. The van der Waals surface area contributed by atoms with E-state index in [0.29, 0.717) is 48.0 Å². The van der Waals surface area contributed by atoms with Crippen molar-refractivity contribution in [3.63, 3.8) is 0 Å². The standard InChI is InChI=1S/C43H62O8/c1-38(2,3)22-47-37(46)41-18-32-10-33(19-41)43(34(11-32)20-41)50-24-42(25-51-43,23-48-36(45)40-15-29-7-30(16-40)9-31(8-29)17-40)49-21-35(44)39-12-26-4-27(13-39)6-28(5-26)14-39/h26-34H,4-25H2,1-3H3. The number of hydrogen-bond acceptors (Lipinski definition) is 8. The fraction of sp³-hybridized carbons (Fsp3) is 0.930. The van der Waals surface area contributed by atoms with Gasteiger partial charge in [-0.2, -0.15) is 0 Å². The van der Waals surface area contributed by atoms with Crippen LogP contribution in [-0.4, -0.2) is 62.1 Å². The molecule has 0 N–H and O–H groups in total. The molecule has 1 heterocycles. The second-order valence-corrected chi connectivity index (χ2v) is 21.9. The quantitative estimate of drug-likeness (QED) is 0.228. The second kappa shape index (κ2) is 11.5. The van der Waals surface area contributed by atoms with Gasteiger partial charge in [0.25, 0.3) is 0 Å². The zero-order valence-electron chi connectivity index (χ0n) is 31.5. The smallest absolute Gasteiger partial charge is 0.312 e. The Labute approximate surface area is 304 Å². The molecule has 1 aliphatic heterocycles. The Morgan fingerprint density at radius 1 is 0.569 bits per heavy atom. The van der Waals surface area contributed by atoms with Gasteiger partial charge in [0.15, 0.2) is 11.6 Å². The molecular weight excluding hydrogens is 644 g/mol. The van der Waals surface area contributed by atoms with E-state index >= 15 is 0 Å². The zero-order valence-corrected chi connectivity index (χ0v) is 31.5. The molecule has 282 valence electrons. The molecule has 12 bridgehead atoms. The molecule has 8 heteroatoms. The third-order valence-electron chi connectivity index (χ3n) is 16.6. The van der Waals surface area contributed by atoms with Crippen LogP contribution in [0.25, 0.3) is 0 Å². The Kier molecular flexibility index (Phi) is 7.67. The Hall–Kier alpha value is -1.51. The van der Waals surface area contributed by atoms with Gasteiger partial charge in [-0.25, -0.2) is 0 Å². The van der Waals surface area contributed by atoms with Crippen LogP contribution >= 0.6 is 0 Å². The summed E-state index contributed by atoms with van der Waals surface area (Å²) in [6, 6.07) is 0. The molecule has 2 atom stereocenters. The molecule has 0 aromatic carbocycles. The summed E-state index contributed by atoms with van der Waals surface area (Å²) in [5.74, 6) is 4.04. The minimum absolute atomic E-state index is 0.0262. The maximum atomic E-state index is 14.2. The lowest BCUT2D eigenvalue weighted by atomic mass is 9.47. The molecule has 13 rings (SSSR count). The van der Waals surface area contributed by atoms with E-state index in [4.69, 9.17) is 23.7 Å². The summed E-state index contributed by atoms with van der Waals surface area (Å²) >= 11 is 0. The van der Waals surface area contributed by atoms with E-state index in [-0.39, 0.29) is 72.2 Å². The number of ketones is 1. The predicted molar refractivity (Wildman–Crippen MR) is 187 cm³/mol. The molecule has 13 fully saturated rings. The van der Waals surface area contributed by atoms with Crippen molar-refractivity contribution >= 4 is 17.7 Å². The first-order chi connectivity index (χ1) is 24.3. The van der Waals surface area contributed by atoms with Crippen molar-refractivity contribution in [3.05, 3.63) is 0 Å². The SMILES string of the molecule is CC(C)(C)COC(=O)C12CC3CC(C1)C1(OCC(COC(=O)C45CC6CC(CC(C6)C4)C5)(OCC(=O)C45CC6CC(CC(C6)C4)C5)CO1)C(C3)C2. The maximum Gasteiger partial charge on any atom is 0.312 e. The van der Waals surface area contributed by atoms with Crippen LogP contribution < -0.4 is 0 Å². The number of Topliss-reactive ketones (excluding diaryl/α,β-unsaturated/α-hetero) is 1. The van der Waals surface area contributed by atoms with E-state index in [9.17, 15) is 14.4 Å². The van der Waals surface area contributed by atoms with Crippen LogP contribution in [0.2, 0.25) is 0 Å². The lowest BCUT2D eigenvalue weighted by molar-refractivity contribution is -0.398. The van der Waals surface area contributed by atoms with E-state index in [1.807, 2.05) is 0 Å². The molecular formula is C43H62O8. The minimum atomic E-state index is -1.03. The highest BCUT2D eigenvalue weighted by Crippen LogP contribution is 2.67. The van der Waals surface area contributed by atoms with Crippen LogP contribution in [-0.2, 0) is 38.1 Å². The van der Waals surface area contributed by atoms with Gasteiger partial charge in [-0.15, -0.1) is 0 Å². The van der Waals surface area contributed by atoms with Crippen molar-refractivity contribution in [2.45, 2.75) is 141 Å². The molecule has 0 amide bonds. The number of ether oxygens (including phenoxy) is 5. The molecule has 1 saturated heterocycles. The summed E-state index contributed by atoms with van der Waals surface area (Å²) in [5.41, 5.74) is -2.17. The van der Waals surface area contributed by atoms with E-state index in [2.05, 4.69) is 20.8 Å². The van der Waals surface area contributed by atoms with Crippen LogP contribution in [0.4, 0.5) is 0 Å². The van der Waals surface area contributed by atoms with Crippen LogP contribution in [0.5, 0.6) is 0 Å². The lowest BCUT2D eigenvalue weighted by Crippen LogP contribution is -2.69. The maximum absolute atomic E-state index is 14.2. The van der Waals surface area contributed by atoms with Gasteiger partial charge in [-0.05, 0) is 156 Å². The van der Waals surface area contributed by atoms with Gasteiger partial charge in [-0.3, -0.25) is 14.4 Å². The third-order valence-corrected chi connectivity index (χ3v) is 16.6. The average Bonchev–Trinajstić information content (AvgIpc) is 3.06. The molecule has 1 spiro atoms. The first kappa shape index (κ1) is 34.0. The summed E-state index contributed by atoms with van der Waals surface area (Å²) in [6.45, 7) is 7.27. The third kappa shape index (κ3) is 5.54.